The maximum absolute atomic E-state index is 11.8. The van der Waals surface area contributed by atoms with Crippen LogP contribution in [0.3, 0.4) is 0 Å². The van der Waals surface area contributed by atoms with Gasteiger partial charge in [-0.05, 0) is 18.6 Å². The standard InChI is InChI=1S/C18H23BrCl2O4/c1-2-3-4-5-6-17(22)23-10-14-11-24-18(12-19,25-14)15-8-7-13(20)9-16(15)21/h7-9,14H,2-6,10-12H2,1H3. The monoisotopic (exact) mass is 452 g/mol. The zero-order valence-electron chi connectivity index (χ0n) is 14.2. The van der Waals surface area contributed by atoms with Crippen molar-refractivity contribution in [1.29, 1.82) is 0 Å². The second-order valence-corrected chi connectivity index (χ2v) is 7.46. The van der Waals surface area contributed by atoms with Crippen molar-refractivity contribution >= 4 is 45.1 Å². The first kappa shape index (κ1) is 21.0. The Morgan fingerprint density at radius 1 is 1.36 bits per heavy atom. The first-order valence-electron chi connectivity index (χ1n) is 8.49. The van der Waals surface area contributed by atoms with E-state index in [2.05, 4.69) is 22.9 Å². The molecule has 2 atom stereocenters. The lowest BCUT2D eigenvalue weighted by Gasteiger charge is -2.27. The van der Waals surface area contributed by atoms with E-state index in [9.17, 15) is 4.79 Å². The average Bonchev–Trinajstić information content (AvgIpc) is 3.01. The molecule has 1 heterocycles. The van der Waals surface area contributed by atoms with Crippen LogP contribution in [-0.4, -0.2) is 30.6 Å². The summed E-state index contributed by atoms with van der Waals surface area (Å²) in [5.74, 6) is -1.19. The topological polar surface area (TPSA) is 44.8 Å². The average molecular weight is 454 g/mol. The van der Waals surface area contributed by atoms with Gasteiger partial charge in [-0.1, -0.05) is 71.4 Å². The van der Waals surface area contributed by atoms with Crippen molar-refractivity contribution in [1.82, 2.24) is 0 Å². The third kappa shape index (κ3) is 5.83. The molecule has 4 nitrogen and oxygen atoms in total. The highest BCUT2D eigenvalue weighted by Gasteiger charge is 2.44. The number of halogens is 3. The van der Waals surface area contributed by atoms with Gasteiger partial charge in [-0.15, -0.1) is 0 Å². The lowest BCUT2D eigenvalue weighted by molar-refractivity contribution is -0.168. The summed E-state index contributed by atoms with van der Waals surface area (Å²) in [7, 11) is 0. The number of alkyl halides is 1. The van der Waals surface area contributed by atoms with Crippen molar-refractivity contribution in [2.24, 2.45) is 0 Å². The molecule has 2 rings (SSSR count). The molecule has 25 heavy (non-hydrogen) atoms. The van der Waals surface area contributed by atoms with Crippen molar-refractivity contribution in [3.05, 3.63) is 33.8 Å². The summed E-state index contributed by atoms with van der Waals surface area (Å²) in [6.45, 7) is 2.64. The van der Waals surface area contributed by atoms with Gasteiger partial charge < -0.3 is 14.2 Å². The Bertz CT molecular complexity index is 584. The lowest BCUT2D eigenvalue weighted by Crippen LogP contribution is -2.31. The third-order valence-electron chi connectivity index (χ3n) is 4.04. The number of rotatable bonds is 9. The van der Waals surface area contributed by atoms with Gasteiger partial charge in [0.05, 0.1) is 17.0 Å². The molecule has 0 radical (unpaired) electrons. The molecule has 1 aromatic carbocycles. The number of hydrogen-bond acceptors (Lipinski definition) is 4. The summed E-state index contributed by atoms with van der Waals surface area (Å²) >= 11 is 15.7. The van der Waals surface area contributed by atoms with Gasteiger partial charge in [0.25, 0.3) is 0 Å². The fourth-order valence-electron chi connectivity index (χ4n) is 2.68. The van der Waals surface area contributed by atoms with Crippen LogP contribution in [0.15, 0.2) is 18.2 Å². The maximum atomic E-state index is 11.8. The smallest absolute Gasteiger partial charge is 0.305 e. The van der Waals surface area contributed by atoms with Crippen LogP contribution in [0.2, 0.25) is 10.0 Å². The van der Waals surface area contributed by atoms with Gasteiger partial charge in [0.2, 0.25) is 5.79 Å². The molecule has 7 heteroatoms. The molecule has 1 aliphatic rings. The molecule has 0 aromatic heterocycles. The molecule has 0 spiro atoms. The van der Waals surface area contributed by atoms with Crippen LogP contribution < -0.4 is 0 Å². The summed E-state index contributed by atoms with van der Waals surface area (Å²) in [6.07, 6.45) is 4.31. The van der Waals surface area contributed by atoms with Gasteiger partial charge in [0.15, 0.2) is 0 Å². The van der Waals surface area contributed by atoms with Crippen LogP contribution in [-0.2, 0) is 24.8 Å². The molecule has 1 aliphatic heterocycles. The third-order valence-corrected chi connectivity index (χ3v) is 5.33. The molecule has 0 bridgehead atoms. The molecule has 2 unspecified atom stereocenters. The van der Waals surface area contributed by atoms with Gasteiger partial charge >= 0.3 is 5.97 Å². The van der Waals surface area contributed by atoms with E-state index in [1.54, 1.807) is 18.2 Å². The van der Waals surface area contributed by atoms with E-state index < -0.39 is 5.79 Å². The summed E-state index contributed by atoms with van der Waals surface area (Å²) in [5.41, 5.74) is 0.698. The van der Waals surface area contributed by atoms with Crippen LogP contribution in [0.25, 0.3) is 0 Å². The number of ether oxygens (including phenoxy) is 3. The normalized spacial score (nSPS) is 23.0. The number of carbonyl (C=O) groups excluding carboxylic acids is 1. The Hall–Kier alpha value is -0.330. The fourth-order valence-corrected chi connectivity index (χ4v) is 3.83. The van der Waals surface area contributed by atoms with Crippen LogP contribution in [0.4, 0.5) is 0 Å². The first-order valence-corrected chi connectivity index (χ1v) is 10.4. The number of esters is 1. The Balaban J connectivity index is 1.87. The summed E-state index contributed by atoms with van der Waals surface area (Å²) in [4.78, 5) is 11.8. The van der Waals surface area contributed by atoms with E-state index in [-0.39, 0.29) is 18.7 Å². The SMILES string of the molecule is CCCCCCC(=O)OCC1COC(CBr)(c2ccc(Cl)cc2Cl)O1. The predicted octanol–water partition coefficient (Wildman–Crippen LogP) is 5.47. The van der Waals surface area contributed by atoms with Crippen LogP contribution >= 0.6 is 39.1 Å². The van der Waals surface area contributed by atoms with Crippen molar-refractivity contribution in [3.63, 3.8) is 0 Å². The number of unbranched alkanes of at least 4 members (excludes halogenated alkanes) is 3. The number of carbonyl (C=O) groups is 1. The lowest BCUT2D eigenvalue weighted by atomic mass is 10.1. The molecule has 1 fully saturated rings. The molecule has 1 aromatic rings. The highest BCUT2D eigenvalue weighted by Crippen LogP contribution is 2.40. The van der Waals surface area contributed by atoms with Gasteiger partial charge in [0, 0.05) is 17.0 Å². The summed E-state index contributed by atoms with van der Waals surface area (Å²) in [6, 6.07) is 5.18. The van der Waals surface area contributed by atoms with Crippen molar-refractivity contribution in [2.45, 2.75) is 50.9 Å². The van der Waals surface area contributed by atoms with Gasteiger partial charge in [-0.2, -0.15) is 0 Å². The zero-order valence-corrected chi connectivity index (χ0v) is 17.3. The van der Waals surface area contributed by atoms with E-state index in [0.29, 0.717) is 34.0 Å². The van der Waals surface area contributed by atoms with E-state index in [4.69, 9.17) is 37.4 Å². The van der Waals surface area contributed by atoms with Gasteiger partial charge in [0.1, 0.15) is 12.7 Å². The molecule has 1 saturated heterocycles. The minimum atomic E-state index is -1.00. The quantitative estimate of drug-likeness (QED) is 0.282. The highest BCUT2D eigenvalue weighted by atomic mass is 79.9. The Morgan fingerprint density at radius 2 is 2.16 bits per heavy atom. The van der Waals surface area contributed by atoms with E-state index in [0.717, 1.165) is 25.7 Å². The summed E-state index contributed by atoms with van der Waals surface area (Å²) < 4.78 is 17.2. The number of hydrogen-bond donors (Lipinski definition) is 0. The fraction of sp³-hybridized carbons (Fsp3) is 0.611. The molecular formula is C18H23BrCl2O4. The predicted molar refractivity (Wildman–Crippen MR) is 102 cm³/mol. The maximum Gasteiger partial charge on any atom is 0.305 e. The largest absolute Gasteiger partial charge is 0.463 e. The van der Waals surface area contributed by atoms with E-state index in [1.807, 2.05) is 0 Å². The Morgan fingerprint density at radius 3 is 2.84 bits per heavy atom. The Kier molecular flexibility index (Phi) is 8.49. The van der Waals surface area contributed by atoms with Gasteiger partial charge in [-0.25, -0.2) is 0 Å². The molecule has 0 amide bonds. The zero-order chi connectivity index (χ0) is 18.3. The van der Waals surface area contributed by atoms with Crippen LogP contribution in [0, 0.1) is 0 Å². The van der Waals surface area contributed by atoms with Crippen molar-refractivity contribution in [2.75, 3.05) is 18.5 Å². The molecule has 0 aliphatic carbocycles. The molecule has 0 N–H and O–H groups in total. The molecular weight excluding hydrogens is 431 g/mol. The van der Waals surface area contributed by atoms with Crippen LogP contribution in [0.5, 0.6) is 0 Å². The van der Waals surface area contributed by atoms with Crippen LogP contribution in [0.1, 0.15) is 44.6 Å². The minimum Gasteiger partial charge on any atom is -0.463 e. The second-order valence-electron chi connectivity index (χ2n) is 6.06. The van der Waals surface area contributed by atoms with Gasteiger partial charge in [-0.3, -0.25) is 4.79 Å². The molecule has 140 valence electrons. The molecule has 0 saturated carbocycles. The highest BCUT2D eigenvalue weighted by molar-refractivity contribution is 9.09. The second kappa shape index (κ2) is 10.1. The van der Waals surface area contributed by atoms with E-state index >= 15 is 0 Å². The summed E-state index contributed by atoms with van der Waals surface area (Å²) in [5, 5.41) is 1.42. The van der Waals surface area contributed by atoms with E-state index in [1.165, 1.54) is 0 Å². The minimum absolute atomic E-state index is 0.173. The van der Waals surface area contributed by atoms with Crippen molar-refractivity contribution < 1.29 is 19.0 Å². The number of benzene rings is 1. The first-order chi connectivity index (χ1) is 12.0. The van der Waals surface area contributed by atoms with Crippen molar-refractivity contribution in [3.8, 4) is 0 Å². The Labute approximate surface area is 167 Å².